The number of anilines is 1. The fraction of sp³-hybridized carbons (Fsp3) is 0.276. The number of benzene rings is 2. The van der Waals surface area contributed by atoms with E-state index in [1.807, 2.05) is 37.3 Å². The normalized spacial score (nSPS) is 15.1. The molecule has 0 radical (unpaired) electrons. The van der Waals surface area contributed by atoms with Crippen LogP contribution in [-0.2, 0) is 6.54 Å². The number of aromatic amines is 1. The van der Waals surface area contributed by atoms with Gasteiger partial charge in [0.25, 0.3) is 0 Å². The van der Waals surface area contributed by atoms with Crippen molar-refractivity contribution in [1.29, 1.82) is 10.7 Å². The van der Waals surface area contributed by atoms with Crippen molar-refractivity contribution in [2.45, 2.75) is 38.3 Å². The van der Waals surface area contributed by atoms with Crippen LogP contribution >= 0.6 is 0 Å². The summed E-state index contributed by atoms with van der Waals surface area (Å²) in [5, 5.41) is 20.1. The molecule has 0 bridgehead atoms. The van der Waals surface area contributed by atoms with Crippen LogP contribution in [0, 0.1) is 16.7 Å². The summed E-state index contributed by atoms with van der Waals surface area (Å²) in [5.74, 6) is 1.63. The third-order valence-electron chi connectivity index (χ3n) is 6.79. The van der Waals surface area contributed by atoms with Crippen molar-refractivity contribution in [3.63, 3.8) is 0 Å². The molecule has 3 heterocycles. The van der Waals surface area contributed by atoms with E-state index in [1.54, 1.807) is 6.20 Å². The van der Waals surface area contributed by atoms with E-state index in [0.717, 1.165) is 60.8 Å². The van der Waals surface area contributed by atoms with E-state index < -0.39 is 0 Å². The molecule has 1 unspecified atom stereocenters. The predicted octanol–water partition coefficient (Wildman–Crippen LogP) is 5.23. The Labute approximate surface area is 217 Å². The van der Waals surface area contributed by atoms with Crippen molar-refractivity contribution in [3.05, 3.63) is 84.1 Å². The largest absolute Gasteiger partial charge is 0.367 e. The van der Waals surface area contributed by atoms with Gasteiger partial charge in [0.15, 0.2) is 0 Å². The molecule has 0 aliphatic carbocycles. The van der Waals surface area contributed by atoms with Gasteiger partial charge in [0, 0.05) is 55.1 Å². The zero-order valence-electron chi connectivity index (χ0n) is 20.9. The molecular formula is C29H30N8. The standard InChI is InChI=1S/C29H30N8/c1-20(17-30)29-35-27(22-5-3-2-4-6-22)28(36-29)23-9-7-21(8-10-23)19-37-15-12-24(13-16-37)33-25-11-14-32-26(18-31)34-25/h2-11,14,17,20,24,30H,12-13,15-16,19H2,1H3,(H,35,36)(H,32,33,34). The molecule has 186 valence electrons. The molecule has 37 heavy (non-hydrogen) atoms. The molecule has 8 heteroatoms. The fourth-order valence-electron chi connectivity index (χ4n) is 4.67. The highest BCUT2D eigenvalue weighted by Gasteiger charge is 2.20. The Bertz CT molecular complexity index is 1380. The van der Waals surface area contributed by atoms with Crippen molar-refractivity contribution < 1.29 is 0 Å². The molecular weight excluding hydrogens is 460 g/mol. The summed E-state index contributed by atoms with van der Waals surface area (Å²) in [6, 6.07) is 23.0. The van der Waals surface area contributed by atoms with Gasteiger partial charge in [-0.15, -0.1) is 0 Å². The van der Waals surface area contributed by atoms with Crippen LogP contribution in [0.2, 0.25) is 0 Å². The number of imidazole rings is 1. The average Bonchev–Trinajstić information content (AvgIpc) is 3.40. The predicted molar refractivity (Wildman–Crippen MR) is 145 cm³/mol. The van der Waals surface area contributed by atoms with Crippen LogP contribution in [-0.4, -0.2) is 50.2 Å². The number of nitriles is 1. The molecule has 2 aromatic heterocycles. The Morgan fingerprint density at radius 1 is 1.08 bits per heavy atom. The number of aromatic nitrogens is 4. The number of rotatable bonds is 8. The van der Waals surface area contributed by atoms with E-state index in [4.69, 9.17) is 15.7 Å². The quantitative estimate of drug-likeness (QED) is 0.291. The second-order valence-electron chi connectivity index (χ2n) is 9.44. The third-order valence-corrected chi connectivity index (χ3v) is 6.79. The van der Waals surface area contributed by atoms with Gasteiger partial charge in [0.1, 0.15) is 17.7 Å². The first-order valence-corrected chi connectivity index (χ1v) is 12.6. The maximum absolute atomic E-state index is 9.00. The smallest absolute Gasteiger partial charge is 0.234 e. The van der Waals surface area contributed by atoms with Crippen LogP contribution in [0.1, 0.15) is 42.9 Å². The SMILES string of the molecule is CC(C=N)c1nc(-c2ccccc2)c(-c2ccc(CN3CCC(Nc4ccnc(C#N)n4)CC3)cc2)[nH]1. The van der Waals surface area contributed by atoms with E-state index in [-0.39, 0.29) is 11.7 Å². The van der Waals surface area contributed by atoms with Gasteiger partial charge < -0.3 is 15.7 Å². The molecule has 1 fully saturated rings. The number of likely N-dealkylation sites (tertiary alicyclic amines) is 1. The van der Waals surface area contributed by atoms with Gasteiger partial charge in [0.2, 0.25) is 5.82 Å². The number of piperidine rings is 1. The van der Waals surface area contributed by atoms with E-state index in [1.165, 1.54) is 11.8 Å². The van der Waals surface area contributed by atoms with Crippen molar-refractivity contribution in [2.75, 3.05) is 18.4 Å². The van der Waals surface area contributed by atoms with Crippen LogP contribution in [0.5, 0.6) is 0 Å². The average molecular weight is 491 g/mol. The maximum atomic E-state index is 9.00. The highest BCUT2D eigenvalue weighted by atomic mass is 15.1. The van der Waals surface area contributed by atoms with Crippen LogP contribution in [0.15, 0.2) is 66.9 Å². The highest BCUT2D eigenvalue weighted by Crippen LogP contribution is 2.32. The van der Waals surface area contributed by atoms with Gasteiger partial charge in [-0.25, -0.2) is 15.0 Å². The molecule has 0 saturated carbocycles. The summed E-state index contributed by atoms with van der Waals surface area (Å²) in [6.07, 6.45) is 5.07. The topological polar surface area (TPSA) is 117 Å². The van der Waals surface area contributed by atoms with E-state index >= 15 is 0 Å². The van der Waals surface area contributed by atoms with E-state index in [0.29, 0.717) is 11.9 Å². The number of H-pyrrole nitrogens is 1. The summed E-state index contributed by atoms with van der Waals surface area (Å²) in [6.45, 7) is 4.88. The van der Waals surface area contributed by atoms with Gasteiger partial charge in [-0.1, -0.05) is 61.5 Å². The van der Waals surface area contributed by atoms with Crippen molar-refractivity contribution >= 4 is 12.0 Å². The molecule has 3 N–H and O–H groups in total. The van der Waals surface area contributed by atoms with Gasteiger partial charge in [-0.2, -0.15) is 5.26 Å². The molecule has 1 atom stereocenters. The van der Waals surface area contributed by atoms with Crippen LogP contribution in [0.3, 0.4) is 0 Å². The minimum absolute atomic E-state index is 0.0735. The number of nitrogens with one attached hydrogen (secondary N) is 3. The summed E-state index contributed by atoms with van der Waals surface area (Å²) in [7, 11) is 0. The second kappa shape index (κ2) is 11.1. The lowest BCUT2D eigenvalue weighted by molar-refractivity contribution is 0.211. The maximum Gasteiger partial charge on any atom is 0.234 e. The number of nitrogens with zero attached hydrogens (tertiary/aromatic N) is 5. The van der Waals surface area contributed by atoms with Gasteiger partial charge >= 0.3 is 0 Å². The minimum Gasteiger partial charge on any atom is -0.367 e. The summed E-state index contributed by atoms with van der Waals surface area (Å²) >= 11 is 0. The summed E-state index contributed by atoms with van der Waals surface area (Å²) < 4.78 is 0. The second-order valence-corrected chi connectivity index (χ2v) is 9.44. The lowest BCUT2D eigenvalue weighted by atomic mass is 10.0. The first-order chi connectivity index (χ1) is 18.1. The van der Waals surface area contributed by atoms with Crippen molar-refractivity contribution in [1.82, 2.24) is 24.8 Å². The Balaban J connectivity index is 1.24. The lowest BCUT2D eigenvalue weighted by Gasteiger charge is -2.32. The molecule has 5 rings (SSSR count). The van der Waals surface area contributed by atoms with Gasteiger partial charge in [-0.3, -0.25) is 4.90 Å². The van der Waals surface area contributed by atoms with Crippen molar-refractivity contribution in [3.8, 4) is 28.6 Å². The first-order valence-electron chi connectivity index (χ1n) is 12.6. The minimum atomic E-state index is -0.0735. The molecule has 0 amide bonds. The monoisotopic (exact) mass is 490 g/mol. The van der Waals surface area contributed by atoms with E-state index in [2.05, 4.69) is 61.6 Å². The van der Waals surface area contributed by atoms with Crippen molar-refractivity contribution in [2.24, 2.45) is 0 Å². The lowest BCUT2D eigenvalue weighted by Crippen LogP contribution is -2.38. The van der Waals surface area contributed by atoms with Crippen LogP contribution in [0.4, 0.5) is 5.82 Å². The molecule has 1 saturated heterocycles. The van der Waals surface area contributed by atoms with Crippen LogP contribution < -0.4 is 5.32 Å². The Hall–Kier alpha value is -4.35. The zero-order valence-corrected chi connectivity index (χ0v) is 20.9. The number of hydrogen-bond acceptors (Lipinski definition) is 7. The van der Waals surface area contributed by atoms with E-state index in [9.17, 15) is 0 Å². The fourth-order valence-corrected chi connectivity index (χ4v) is 4.67. The molecule has 2 aromatic carbocycles. The molecule has 8 nitrogen and oxygen atoms in total. The Kier molecular flexibility index (Phi) is 7.33. The number of hydrogen-bond donors (Lipinski definition) is 3. The molecule has 4 aromatic rings. The molecule has 1 aliphatic heterocycles. The molecule has 1 aliphatic rings. The highest BCUT2D eigenvalue weighted by molar-refractivity contribution is 5.79. The third kappa shape index (κ3) is 5.74. The van der Waals surface area contributed by atoms with Gasteiger partial charge in [-0.05, 0) is 24.5 Å². The van der Waals surface area contributed by atoms with Gasteiger partial charge in [0.05, 0.1) is 11.4 Å². The first kappa shape index (κ1) is 24.3. The molecule has 0 spiro atoms. The zero-order chi connectivity index (χ0) is 25.6. The summed E-state index contributed by atoms with van der Waals surface area (Å²) in [5.41, 5.74) is 5.32. The van der Waals surface area contributed by atoms with Crippen LogP contribution in [0.25, 0.3) is 22.5 Å². The Morgan fingerprint density at radius 3 is 2.54 bits per heavy atom. The Morgan fingerprint density at radius 2 is 1.84 bits per heavy atom. The summed E-state index contributed by atoms with van der Waals surface area (Å²) in [4.78, 5) is 19.0.